The number of nitrogens with two attached hydrogens (primary N) is 2. The highest BCUT2D eigenvalue weighted by Gasteiger charge is 2.02. The Kier molecular flexibility index (Phi) is 2.16. The maximum absolute atomic E-state index is 5.58. The third kappa shape index (κ3) is 1.48. The molecule has 50 valence electrons. The van der Waals surface area contributed by atoms with Gasteiger partial charge in [-0.25, -0.2) is 4.37 Å². The average molecular weight is 143 g/mol. The molecule has 1 atom stereocenters. The van der Waals surface area contributed by atoms with Crippen molar-refractivity contribution in [1.82, 2.24) is 4.37 Å². The molecule has 0 bridgehead atoms. The molecule has 0 fully saturated rings. The topological polar surface area (TPSA) is 64.9 Å². The summed E-state index contributed by atoms with van der Waals surface area (Å²) in [7, 11) is 0. The van der Waals surface area contributed by atoms with Crippen LogP contribution in [0.2, 0.25) is 0 Å². The molecule has 1 unspecified atom stereocenters. The van der Waals surface area contributed by atoms with Crippen LogP contribution in [0.5, 0.6) is 0 Å². The Hall–Kier alpha value is -0.450. The Morgan fingerprint density at radius 3 is 3.00 bits per heavy atom. The van der Waals surface area contributed by atoms with Crippen molar-refractivity contribution in [2.24, 2.45) is 11.5 Å². The Morgan fingerprint density at radius 2 is 2.56 bits per heavy atom. The maximum atomic E-state index is 5.58. The molecule has 4 N–H and O–H groups in total. The molecule has 0 aliphatic rings. The van der Waals surface area contributed by atoms with Gasteiger partial charge in [0.25, 0.3) is 0 Å². The van der Waals surface area contributed by atoms with E-state index >= 15 is 0 Å². The molecule has 0 aliphatic carbocycles. The van der Waals surface area contributed by atoms with Crippen molar-refractivity contribution in [3.63, 3.8) is 0 Å². The number of rotatable bonds is 2. The molecule has 0 amide bonds. The predicted octanol–water partition coefficient (Wildman–Crippen LogP) is 0.102. The summed E-state index contributed by atoms with van der Waals surface area (Å²) in [5.41, 5.74) is 10.9. The number of hydrogen-bond acceptors (Lipinski definition) is 4. The average Bonchev–Trinajstić information content (AvgIpc) is 2.37. The van der Waals surface area contributed by atoms with Crippen LogP contribution in [0.15, 0.2) is 12.3 Å². The summed E-state index contributed by atoms with van der Waals surface area (Å²) in [4.78, 5) is 1.05. The monoisotopic (exact) mass is 143 g/mol. The van der Waals surface area contributed by atoms with Crippen molar-refractivity contribution < 1.29 is 0 Å². The molecule has 1 rings (SSSR count). The van der Waals surface area contributed by atoms with Gasteiger partial charge in [-0.2, -0.15) is 0 Å². The first-order chi connectivity index (χ1) is 4.34. The molecule has 9 heavy (non-hydrogen) atoms. The van der Waals surface area contributed by atoms with E-state index in [2.05, 4.69) is 4.37 Å². The lowest BCUT2D eigenvalue weighted by molar-refractivity contribution is 0.752. The first kappa shape index (κ1) is 6.67. The van der Waals surface area contributed by atoms with Gasteiger partial charge in [0.2, 0.25) is 0 Å². The maximum Gasteiger partial charge on any atom is 0.0530 e. The van der Waals surface area contributed by atoms with Crippen LogP contribution in [0.3, 0.4) is 0 Å². The molecule has 3 nitrogen and oxygen atoms in total. The van der Waals surface area contributed by atoms with Gasteiger partial charge in [0.05, 0.1) is 6.04 Å². The summed E-state index contributed by atoms with van der Waals surface area (Å²) < 4.78 is 3.90. The summed E-state index contributed by atoms with van der Waals surface area (Å²) in [5, 5.41) is 0. The standard InChI is InChI=1S/C5H9N3S/c6-3-4(7)5-1-2-8-9-5/h1-2,4H,3,6-7H2. The predicted molar refractivity (Wildman–Crippen MR) is 38.1 cm³/mol. The van der Waals surface area contributed by atoms with Gasteiger partial charge in [-0.1, -0.05) is 0 Å². The molecular weight excluding hydrogens is 134 g/mol. The van der Waals surface area contributed by atoms with Gasteiger partial charge in [0.1, 0.15) is 0 Å². The van der Waals surface area contributed by atoms with Gasteiger partial charge in [0, 0.05) is 17.6 Å². The molecule has 0 saturated heterocycles. The molecule has 0 radical (unpaired) electrons. The van der Waals surface area contributed by atoms with E-state index in [9.17, 15) is 0 Å². The quantitative estimate of drug-likeness (QED) is 0.617. The van der Waals surface area contributed by atoms with Crippen LogP contribution in [0.1, 0.15) is 10.9 Å². The second kappa shape index (κ2) is 2.91. The largest absolute Gasteiger partial charge is 0.329 e. The summed E-state index contributed by atoms with van der Waals surface area (Å²) >= 11 is 1.40. The summed E-state index contributed by atoms with van der Waals surface area (Å²) in [6.45, 7) is 0.488. The van der Waals surface area contributed by atoms with Crippen LogP contribution < -0.4 is 11.5 Å². The zero-order chi connectivity index (χ0) is 6.69. The zero-order valence-corrected chi connectivity index (χ0v) is 5.77. The van der Waals surface area contributed by atoms with Crippen LogP contribution in [0.25, 0.3) is 0 Å². The smallest absolute Gasteiger partial charge is 0.0530 e. The Balaban J connectivity index is 2.65. The number of aromatic nitrogens is 1. The van der Waals surface area contributed by atoms with Crippen molar-refractivity contribution in [2.45, 2.75) is 6.04 Å². The number of nitrogens with zero attached hydrogens (tertiary/aromatic N) is 1. The first-order valence-electron chi connectivity index (χ1n) is 2.71. The molecular formula is C5H9N3S. The highest BCUT2D eigenvalue weighted by Crippen LogP contribution is 2.11. The third-order valence-corrected chi connectivity index (χ3v) is 1.95. The molecule has 0 spiro atoms. The highest BCUT2D eigenvalue weighted by atomic mass is 32.1. The van der Waals surface area contributed by atoms with Crippen molar-refractivity contribution in [1.29, 1.82) is 0 Å². The van der Waals surface area contributed by atoms with Gasteiger partial charge in [-0.05, 0) is 17.6 Å². The van der Waals surface area contributed by atoms with Crippen molar-refractivity contribution in [2.75, 3.05) is 6.54 Å². The molecule has 1 heterocycles. The van der Waals surface area contributed by atoms with E-state index in [0.29, 0.717) is 6.54 Å². The second-order valence-corrected chi connectivity index (χ2v) is 2.62. The minimum Gasteiger partial charge on any atom is -0.329 e. The van der Waals surface area contributed by atoms with Gasteiger partial charge in [-0.3, -0.25) is 0 Å². The van der Waals surface area contributed by atoms with Crippen LogP contribution in [-0.2, 0) is 0 Å². The normalized spacial score (nSPS) is 13.6. The summed E-state index contributed by atoms with van der Waals surface area (Å²) in [6.07, 6.45) is 1.73. The zero-order valence-electron chi connectivity index (χ0n) is 4.95. The van der Waals surface area contributed by atoms with E-state index in [0.717, 1.165) is 4.88 Å². The molecule has 4 heteroatoms. The highest BCUT2D eigenvalue weighted by molar-refractivity contribution is 7.05. The van der Waals surface area contributed by atoms with E-state index in [-0.39, 0.29) is 6.04 Å². The van der Waals surface area contributed by atoms with Crippen LogP contribution >= 0.6 is 11.5 Å². The minimum atomic E-state index is -0.0301. The van der Waals surface area contributed by atoms with Crippen molar-refractivity contribution in [3.05, 3.63) is 17.1 Å². The van der Waals surface area contributed by atoms with E-state index in [4.69, 9.17) is 11.5 Å². The fraction of sp³-hybridized carbons (Fsp3) is 0.400. The van der Waals surface area contributed by atoms with Crippen LogP contribution in [0.4, 0.5) is 0 Å². The summed E-state index contributed by atoms with van der Waals surface area (Å²) in [5.74, 6) is 0. The first-order valence-corrected chi connectivity index (χ1v) is 3.48. The lowest BCUT2D eigenvalue weighted by Crippen LogP contribution is -2.19. The van der Waals surface area contributed by atoms with E-state index in [1.54, 1.807) is 6.20 Å². The van der Waals surface area contributed by atoms with Gasteiger partial charge < -0.3 is 11.5 Å². The minimum absolute atomic E-state index is 0.0301. The van der Waals surface area contributed by atoms with Crippen LogP contribution in [0, 0.1) is 0 Å². The van der Waals surface area contributed by atoms with Gasteiger partial charge in [0.15, 0.2) is 0 Å². The van der Waals surface area contributed by atoms with Crippen LogP contribution in [-0.4, -0.2) is 10.9 Å². The molecule has 0 aromatic carbocycles. The molecule has 1 aromatic heterocycles. The molecule has 0 aliphatic heterocycles. The van der Waals surface area contributed by atoms with Crippen molar-refractivity contribution in [3.8, 4) is 0 Å². The van der Waals surface area contributed by atoms with Crippen molar-refractivity contribution >= 4 is 11.5 Å². The van der Waals surface area contributed by atoms with E-state index in [1.807, 2.05) is 6.07 Å². The summed E-state index contributed by atoms with van der Waals surface area (Å²) in [6, 6.07) is 1.86. The molecule has 0 saturated carbocycles. The molecule has 1 aromatic rings. The Morgan fingerprint density at radius 1 is 1.78 bits per heavy atom. The second-order valence-electron chi connectivity index (χ2n) is 1.76. The van der Waals surface area contributed by atoms with E-state index < -0.39 is 0 Å². The van der Waals surface area contributed by atoms with Gasteiger partial charge >= 0.3 is 0 Å². The Bertz CT molecular complexity index is 161. The Labute approximate surface area is 57.8 Å². The third-order valence-electron chi connectivity index (χ3n) is 1.08. The fourth-order valence-corrected chi connectivity index (χ4v) is 1.13. The SMILES string of the molecule is NCC(N)c1ccns1. The number of hydrogen-bond donors (Lipinski definition) is 2. The van der Waals surface area contributed by atoms with E-state index in [1.165, 1.54) is 11.5 Å². The lowest BCUT2D eigenvalue weighted by Gasteiger charge is -2.01. The lowest BCUT2D eigenvalue weighted by atomic mass is 10.3. The van der Waals surface area contributed by atoms with Gasteiger partial charge in [-0.15, -0.1) is 0 Å². The fourth-order valence-electron chi connectivity index (χ4n) is 0.533.